The Kier molecular flexibility index (Phi) is 7.04. The molecule has 2 N–H and O–H groups in total. The van der Waals surface area contributed by atoms with E-state index in [9.17, 15) is 24.8 Å². The number of nitro groups is 1. The average Bonchev–Trinajstić information content (AvgIpc) is 3.65. The Morgan fingerprint density at radius 2 is 1.81 bits per heavy atom. The van der Waals surface area contributed by atoms with Crippen LogP contribution in [0.15, 0.2) is 42.5 Å². The minimum atomic E-state index is -1.22. The minimum Gasteiger partial charge on any atom is -0.392 e. The molecule has 2 aromatic rings. The van der Waals surface area contributed by atoms with E-state index in [1.165, 1.54) is 12.1 Å². The van der Waals surface area contributed by atoms with Gasteiger partial charge in [0.1, 0.15) is 5.41 Å². The monoisotopic (exact) mass is 603 g/mol. The van der Waals surface area contributed by atoms with Crippen molar-refractivity contribution in [3.63, 3.8) is 0 Å². The molecule has 2 amide bonds. The number of hydrogen-bond acceptors (Lipinski definition) is 5. The number of non-ortho nitro benzene ring substituents is 1. The lowest BCUT2D eigenvalue weighted by Gasteiger charge is -2.42. The first-order chi connectivity index (χ1) is 17.3. The molecule has 2 aromatic carbocycles. The Morgan fingerprint density at radius 3 is 2.39 bits per heavy atom. The van der Waals surface area contributed by atoms with E-state index in [0.717, 1.165) is 59.6 Å². The second kappa shape index (κ2) is 10.1. The second-order valence-electron chi connectivity index (χ2n) is 10.2. The van der Waals surface area contributed by atoms with E-state index in [0.29, 0.717) is 5.56 Å². The summed E-state index contributed by atoms with van der Waals surface area (Å²) in [7, 11) is 0. The van der Waals surface area contributed by atoms with Gasteiger partial charge in [-0.3, -0.25) is 19.7 Å². The van der Waals surface area contributed by atoms with Crippen molar-refractivity contribution in [3.8, 4) is 0 Å². The van der Waals surface area contributed by atoms with Gasteiger partial charge in [0, 0.05) is 34.2 Å². The molecule has 1 heterocycles. The number of carbonyl (C=O) groups is 2. The summed E-state index contributed by atoms with van der Waals surface area (Å²) in [5.41, 5.74) is 0.981. The summed E-state index contributed by atoms with van der Waals surface area (Å²) in [5.74, 6) is -0.254. The number of nitro benzene ring substituents is 1. The lowest BCUT2D eigenvalue weighted by Crippen LogP contribution is -2.50. The van der Waals surface area contributed by atoms with E-state index in [4.69, 9.17) is 0 Å². The Bertz CT molecular complexity index is 1180. The maximum Gasteiger partial charge on any atom is 0.269 e. The Balaban J connectivity index is 1.70. The zero-order chi connectivity index (χ0) is 25.4. The van der Waals surface area contributed by atoms with Crippen molar-refractivity contribution in [1.82, 2.24) is 10.2 Å². The van der Waals surface area contributed by atoms with Crippen LogP contribution in [0.5, 0.6) is 0 Å². The predicted octanol–water partition coefficient (Wildman–Crippen LogP) is 4.51. The highest BCUT2D eigenvalue weighted by atomic mass is 127. The number of carbonyl (C=O) groups excluding carboxylic acids is 2. The lowest BCUT2D eigenvalue weighted by atomic mass is 9.70. The number of halogens is 1. The van der Waals surface area contributed by atoms with E-state index in [2.05, 4.69) is 27.9 Å². The maximum absolute atomic E-state index is 14.2. The molecular weight excluding hydrogens is 573 g/mol. The molecule has 2 atom stereocenters. The summed E-state index contributed by atoms with van der Waals surface area (Å²) < 4.78 is 0.880. The van der Waals surface area contributed by atoms with Gasteiger partial charge in [-0.2, -0.15) is 0 Å². The van der Waals surface area contributed by atoms with Crippen LogP contribution in [0.1, 0.15) is 74.1 Å². The number of benzene rings is 2. The quantitative estimate of drug-likeness (QED) is 0.275. The van der Waals surface area contributed by atoms with Crippen molar-refractivity contribution >= 4 is 40.1 Å². The molecule has 1 saturated heterocycles. The molecule has 2 saturated carbocycles. The van der Waals surface area contributed by atoms with Gasteiger partial charge in [-0.25, -0.2) is 0 Å². The van der Waals surface area contributed by atoms with Crippen molar-refractivity contribution in [2.75, 3.05) is 0 Å². The van der Waals surface area contributed by atoms with Gasteiger partial charge in [0.25, 0.3) is 5.69 Å². The summed E-state index contributed by atoms with van der Waals surface area (Å²) in [6.07, 6.45) is 6.86. The molecular formula is C27H30IN3O5. The Hall–Kier alpha value is -2.53. The molecule has 0 aromatic heterocycles. The number of aliphatic hydroxyl groups excluding tert-OH is 1. The first-order valence-electron chi connectivity index (χ1n) is 12.6. The molecule has 9 heteroatoms. The predicted molar refractivity (Wildman–Crippen MR) is 142 cm³/mol. The van der Waals surface area contributed by atoms with Crippen molar-refractivity contribution in [1.29, 1.82) is 0 Å². The molecule has 0 bridgehead atoms. The van der Waals surface area contributed by atoms with E-state index in [1.54, 1.807) is 12.1 Å². The molecule has 8 nitrogen and oxygen atoms in total. The molecule has 190 valence electrons. The van der Waals surface area contributed by atoms with Gasteiger partial charge in [-0.05, 0) is 71.0 Å². The minimum absolute atomic E-state index is 0.0162. The summed E-state index contributed by atoms with van der Waals surface area (Å²) >= 11 is 2.23. The van der Waals surface area contributed by atoms with Crippen molar-refractivity contribution in [3.05, 3.63) is 72.8 Å². The molecule has 2 aliphatic carbocycles. The van der Waals surface area contributed by atoms with E-state index < -0.39 is 16.4 Å². The Labute approximate surface area is 223 Å². The first-order valence-corrected chi connectivity index (χ1v) is 13.7. The highest BCUT2D eigenvalue weighted by Gasteiger charge is 2.60. The van der Waals surface area contributed by atoms with Crippen LogP contribution < -0.4 is 5.32 Å². The SMILES string of the molecule is O=C1C[C@@](C(=O)NC2CC2)(c2ccc([N+](=O)[O-])cc2)[C@@H](c2ccc(CO)cc2I)N1C1CCCCC1. The number of rotatable bonds is 7. The van der Waals surface area contributed by atoms with Crippen LogP contribution in [0.25, 0.3) is 0 Å². The van der Waals surface area contributed by atoms with Gasteiger partial charge in [0.15, 0.2) is 0 Å². The van der Waals surface area contributed by atoms with E-state index in [-0.39, 0.29) is 42.6 Å². The molecule has 1 aliphatic heterocycles. The van der Waals surface area contributed by atoms with Crippen LogP contribution in [-0.2, 0) is 21.6 Å². The summed E-state index contributed by atoms with van der Waals surface area (Å²) in [4.78, 5) is 40.9. The average molecular weight is 603 g/mol. The molecule has 5 rings (SSSR count). The third-order valence-electron chi connectivity index (χ3n) is 7.88. The fraction of sp³-hybridized carbons (Fsp3) is 0.481. The third-order valence-corrected chi connectivity index (χ3v) is 8.82. The van der Waals surface area contributed by atoms with Crippen LogP contribution in [-0.4, -0.2) is 38.8 Å². The standard InChI is InChI=1S/C27H30IN3O5/c28-23-14-17(16-32)6-13-22(23)25-27(26(34)29-19-9-10-19,18-7-11-21(12-8-18)31(35)36)15-24(33)30(25)20-4-2-1-3-5-20/h6-8,11-14,19-20,25,32H,1-5,9-10,15-16H2,(H,29,34)/t25-,27-/m1/s1. The molecule has 0 spiro atoms. The third kappa shape index (κ3) is 4.51. The Morgan fingerprint density at radius 1 is 1.11 bits per heavy atom. The number of amides is 2. The molecule has 0 unspecified atom stereocenters. The van der Waals surface area contributed by atoms with Crippen LogP contribution in [0.2, 0.25) is 0 Å². The number of aliphatic hydroxyl groups is 1. The lowest BCUT2D eigenvalue weighted by molar-refractivity contribution is -0.384. The zero-order valence-corrected chi connectivity index (χ0v) is 22.1. The highest BCUT2D eigenvalue weighted by Crippen LogP contribution is 2.53. The van der Waals surface area contributed by atoms with Crippen LogP contribution >= 0.6 is 22.6 Å². The van der Waals surface area contributed by atoms with Gasteiger partial charge < -0.3 is 15.3 Å². The second-order valence-corrected chi connectivity index (χ2v) is 11.4. The topological polar surface area (TPSA) is 113 Å². The van der Waals surface area contributed by atoms with Gasteiger partial charge in [0.05, 0.1) is 17.6 Å². The van der Waals surface area contributed by atoms with Gasteiger partial charge in [-0.1, -0.05) is 43.5 Å². The van der Waals surface area contributed by atoms with Crippen molar-refractivity contribution in [2.45, 2.75) is 81.5 Å². The van der Waals surface area contributed by atoms with E-state index in [1.807, 2.05) is 23.1 Å². The molecule has 0 radical (unpaired) electrons. The normalized spacial score (nSPS) is 24.7. The van der Waals surface area contributed by atoms with Crippen LogP contribution in [0.4, 0.5) is 5.69 Å². The molecule has 3 fully saturated rings. The maximum atomic E-state index is 14.2. The van der Waals surface area contributed by atoms with Gasteiger partial charge >= 0.3 is 0 Å². The molecule has 3 aliphatic rings. The summed E-state index contributed by atoms with van der Waals surface area (Å²) in [6.45, 7) is -0.0954. The zero-order valence-electron chi connectivity index (χ0n) is 20.0. The number of hydrogen-bond donors (Lipinski definition) is 2. The highest BCUT2D eigenvalue weighted by molar-refractivity contribution is 14.1. The fourth-order valence-electron chi connectivity index (χ4n) is 5.91. The van der Waals surface area contributed by atoms with Crippen molar-refractivity contribution < 1.29 is 19.6 Å². The fourth-order valence-corrected chi connectivity index (χ4v) is 6.78. The van der Waals surface area contributed by atoms with Crippen molar-refractivity contribution in [2.24, 2.45) is 0 Å². The number of nitrogens with zero attached hydrogens (tertiary/aromatic N) is 2. The summed E-state index contributed by atoms with van der Waals surface area (Å²) in [5, 5.41) is 24.2. The first kappa shape index (κ1) is 25.1. The van der Waals surface area contributed by atoms with Gasteiger partial charge in [0.2, 0.25) is 11.8 Å². The van der Waals surface area contributed by atoms with Gasteiger partial charge in [-0.15, -0.1) is 0 Å². The smallest absolute Gasteiger partial charge is 0.269 e. The van der Waals surface area contributed by atoms with Crippen LogP contribution in [0.3, 0.4) is 0 Å². The number of likely N-dealkylation sites (tertiary alicyclic amines) is 1. The molecule has 36 heavy (non-hydrogen) atoms. The number of nitrogens with one attached hydrogen (secondary N) is 1. The van der Waals surface area contributed by atoms with E-state index >= 15 is 0 Å². The summed E-state index contributed by atoms with van der Waals surface area (Å²) in [6, 6.07) is 11.4. The van der Waals surface area contributed by atoms with Crippen LogP contribution in [0, 0.1) is 13.7 Å². The largest absolute Gasteiger partial charge is 0.392 e.